The average molecular weight is 332 g/mol. The summed E-state index contributed by atoms with van der Waals surface area (Å²) >= 11 is 1.44. The van der Waals surface area contributed by atoms with E-state index in [-0.39, 0.29) is 11.8 Å². The quantitative estimate of drug-likeness (QED) is 0.834. The first kappa shape index (κ1) is 17.1. The number of benzene rings is 1. The van der Waals surface area contributed by atoms with Crippen molar-refractivity contribution in [1.82, 2.24) is 15.2 Å². The molecule has 1 heterocycles. The lowest BCUT2D eigenvalue weighted by Crippen LogP contribution is -2.23. The van der Waals surface area contributed by atoms with Gasteiger partial charge in [0.25, 0.3) is 11.8 Å². The van der Waals surface area contributed by atoms with Crippen LogP contribution in [0.2, 0.25) is 0 Å². The van der Waals surface area contributed by atoms with E-state index in [1.807, 2.05) is 12.1 Å². The van der Waals surface area contributed by atoms with Crippen molar-refractivity contribution >= 4 is 23.2 Å². The molecule has 0 spiro atoms. The van der Waals surface area contributed by atoms with Gasteiger partial charge < -0.3 is 16.0 Å². The number of amides is 2. The number of thiazole rings is 1. The van der Waals surface area contributed by atoms with Crippen molar-refractivity contribution in [2.45, 2.75) is 13.0 Å². The maximum Gasteiger partial charge on any atom is 0.271 e. The van der Waals surface area contributed by atoms with Crippen molar-refractivity contribution in [2.24, 2.45) is 5.73 Å². The summed E-state index contributed by atoms with van der Waals surface area (Å²) in [6.45, 7) is 0.908. The van der Waals surface area contributed by atoms with Gasteiger partial charge in [0.2, 0.25) is 0 Å². The molecule has 122 valence electrons. The first-order valence-electron chi connectivity index (χ1n) is 7.24. The first-order valence-corrected chi connectivity index (χ1v) is 8.12. The molecule has 0 aliphatic rings. The van der Waals surface area contributed by atoms with Gasteiger partial charge in [-0.2, -0.15) is 0 Å². The number of hydrogen-bond acceptors (Lipinski definition) is 5. The van der Waals surface area contributed by atoms with Crippen molar-refractivity contribution in [1.29, 1.82) is 0 Å². The Morgan fingerprint density at radius 2 is 1.96 bits per heavy atom. The third-order valence-corrected chi connectivity index (χ3v) is 4.11. The van der Waals surface area contributed by atoms with Crippen molar-refractivity contribution in [3.05, 3.63) is 51.5 Å². The number of nitrogens with two attached hydrogens (primary N) is 1. The van der Waals surface area contributed by atoms with E-state index in [0.29, 0.717) is 30.8 Å². The monoisotopic (exact) mass is 332 g/mol. The molecule has 0 radical (unpaired) electrons. The largest absolute Gasteiger partial charge is 0.347 e. The van der Waals surface area contributed by atoms with E-state index < -0.39 is 0 Å². The van der Waals surface area contributed by atoms with Crippen LogP contribution in [0.5, 0.6) is 0 Å². The molecule has 23 heavy (non-hydrogen) atoms. The van der Waals surface area contributed by atoms with E-state index in [4.69, 9.17) is 5.73 Å². The molecule has 2 aromatic rings. The molecule has 1 aromatic carbocycles. The minimum atomic E-state index is -0.210. The normalized spacial score (nSPS) is 10.4. The van der Waals surface area contributed by atoms with Crippen LogP contribution in [-0.2, 0) is 13.0 Å². The second kappa shape index (κ2) is 7.85. The minimum absolute atomic E-state index is 0.0458. The molecular weight excluding hydrogens is 312 g/mol. The molecule has 0 aliphatic heterocycles. The second-order valence-electron chi connectivity index (χ2n) is 5.24. The Kier molecular flexibility index (Phi) is 5.84. The molecule has 0 atom stereocenters. The molecule has 0 unspecified atom stereocenters. The topological polar surface area (TPSA) is 88.3 Å². The van der Waals surface area contributed by atoms with Gasteiger partial charge in [0.1, 0.15) is 5.69 Å². The van der Waals surface area contributed by atoms with E-state index in [1.54, 1.807) is 31.6 Å². The van der Waals surface area contributed by atoms with Gasteiger partial charge in [-0.05, 0) is 24.2 Å². The first-order chi connectivity index (χ1) is 11.0. The van der Waals surface area contributed by atoms with Crippen LogP contribution in [0.15, 0.2) is 29.6 Å². The third-order valence-electron chi connectivity index (χ3n) is 3.20. The molecule has 6 nitrogen and oxygen atoms in total. The van der Waals surface area contributed by atoms with E-state index >= 15 is 0 Å². The van der Waals surface area contributed by atoms with Crippen LogP contribution < -0.4 is 11.1 Å². The molecule has 1 aromatic heterocycles. The SMILES string of the molecule is CN(C)C(=O)c1ccc(CNC(=O)c2csc(CCN)n2)cc1. The molecule has 0 bridgehead atoms. The smallest absolute Gasteiger partial charge is 0.271 e. The Hall–Kier alpha value is -2.25. The molecule has 3 N–H and O–H groups in total. The van der Waals surface area contributed by atoms with Gasteiger partial charge in [-0.25, -0.2) is 4.98 Å². The lowest BCUT2D eigenvalue weighted by Gasteiger charge is -2.10. The lowest BCUT2D eigenvalue weighted by molar-refractivity contribution is 0.0827. The Morgan fingerprint density at radius 1 is 1.26 bits per heavy atom. The molecule has 7 heteroatoms. The van der Waals surface area contributed by atoms with E-state index in [9.17, 15) is 9.59 Å². The van der Waals surface area contributed by atoms with Crippen LogP contribution >= 0.6 is 11.3 Å². The van der Waals surface area contributed by atoms with Crippen LogP contribution in [0.3, 0.4) is 0 Å². The molecule has 0 saturated heterocycles. The molecule has 2 rings (SSSR count). The molecule has 0 fully saturated rings. The Bertz CT molecular complexity index is 680. The maximum atomic E-state index is 12.0. The Morgan fingerprint density at radius 3 is 2.57 bits per heavy atom. The highest BCUT2D eigenvalue weighted by Gasteiger charge is 2.11. The minimum Gasteiger partial charge on any atom is -0.347 e. The van der Waals surface area contributed by atoms with Gasteiger partial charge in [0, 0.05) is 38.0 Å². The van der Waals surface area contributed by atoms with Crippen LogP contribution in [0.25, 0.3) is 0 Å². The van der Waals surface area contributed by atoms with Gasteiger partial charge in [-0.15, -0.1) is 11.3 Å². The highest BCUT2D eigenvalue weighted by atomic mass is 32.1. The predicted molar refractivity (Wildman–Crippen MR) is 90.5 cm³/mol. The summed E-state index contributed by atoms with van der Waals surface area (Å²) in [5, 5.41) is 5.42. The summed E-state index contributed by atoms with van der Waals surface area (Å²) in [5.41, 5.74) is 7.43. The lowest BCUT2D eigenvalue weighted by atomic mass is 10.1. The van der Waals surface area contributed by atoms with Crippen molar-refractivity contribution in [2.75, 3.05) is 20.6 Å². The van der Waals surface area contributed by atoms with Crippen molar-refractivity contribution in [3.8, 4) is 0 Å². The number of hydrogen-bond donors (Lipinski definition) is 2. The summed E-state index contributed by atoms with van der Waals surface area (Å²) in [7, 11) is 3.42. The standard InChI is InChI=1S/C16H20N4O2S/c1-20(2)16(22)12-5-3-11(4-6-12)9-18-15(21)13-10-23-14(19-13)7-8-17/h3-6,10H,7-9,17H2,1-2H3,(H,18,21). The summed E-state index contributed by atoms with van der Waals surface area (Å²) < 4.78 is 0. The van der Waals surface area contributed by atoms with E-state index in [0.717, 1.165) is 10.6 Å². The highest BCUT2D eigenvalue weighted by Crippen LogP contribution is 2.11. The number of nitrogens with one attached hydrogen (secondary N) is 1. The zero-order valence-corrected chi connectivity index (χ0v) is 14.0. The zero-order valence-electron chi connectivity index (χ0n) is 13.2. The van der Waals surface area contributed by atoms with Gasteiger partial charge in [0.05, 0.1) is 5.01 Å². The van der Waals surface area contributed by atoms with Gasteiger partial charge in [0.15, 0.2) is 0 Å². The molecular formula is C16H20N4O2S. The maximum absolute atomic E-state index is 12.0. The summed E-state index contributed by atoms with van der Waals surface area (Å²) in [4.78, 5) is 29.6. The van der Waals surface area contributed by atoms with E-state index in [1.165, 1.54) is 16.2 Å². The summed E-state index contributed by atoms with van der Waals surface area (Å²) in [5.74, 6) is -0.256. The third kappa shape index (κ3) is 4.61. The molecule has 0 saturated carbocycles. The number of rotatable bonds is 6. The Labute approximate surface area is 139 Å². The highest BCUT2D eigenvalue weighted by molar-refractivity contribution is 7.09. The van der Waals surface area contributed by atoms with Crippen LogP contribution in [0.1, 0.15) is 31.4 Å². The van der Waals surface area contributed by atoms with Crippen LogP contribution in [0.4, 0.5) is 0 Å². The number of aromatic nitrogens is 1. The number of carbonyl (C=O) groups is 2. The van der Waals surface area contributed by atoms with Gasteiger partial charge in [-0.1, -0.05) is 12.1 Å². The summed E-state index contributed by atoms with van der Waals surface area (Å²) in [6.07, 6.45) is 0.680. The van der Waals surface area contributed by atoms with Crippen molar-refractivity contribution < 1.29 is 9.59 Å². The van der Waals surface area contributed by atoms with Gasteiger partial charge >= 0.3 is 0 Å². The second-order valence-corrected chi connectivity index (χ2v) is 6.19. The van der Waals surface area contributed by atoms with Crippen LogP contribution in [-0.4, -0.2) is 42.3 Å². The average Bonchev–Trinajstić information content (AvgIpc) is 3.01. The number of nitrogens with zero attached hydrogens (tertiary/aromatic N) is 2. The molecule has 2 amide bonds. The summed E-state index contributed by atoms with van der Waals surface area (Å²) in [6, 6.07) is 7.17. The fourth-order valence-corrected chi connectivity index (χ4v) is 2.74. The predicted octanol–water partition coefficient (Wildman–Crippen LogP) is 1.28. The zero-order chi connectivity index (χ0) is 16.8. The number of carbonyl (C=O) groups excluding carboxylic acids is 2. The molecule has 0 aliphatic carbocycles. The van der Waals surface area contributed by atoms with E-state index in [2.05, 4.69) is 10.3 Å². The van der Waals surface area contributed by atoms with Crippen LogP contribution in [0, 0.1) is 0 Å². The Balaban J connectivity index is 1.92. The van der Waals surface area contributed by atoms with Gasteiger partial charge in [-0.3, -0.25) is 9.59 Å². The fourth-order valence-electron chi connectivity index (χ4n) is 1.95. The fraction of sp³-hybridized carbons (Fsp3) is 0.312. The van der Waals surface area contributed by atoms with Crippen molar-refractivity contribution in [3.63, 3.8) is 0 Å².